The fraction of sp³-hybridized carbons (Fsp3) is 0. The fourth-order valence-electron chi connectivity index (χ4n) is 3.13. The van der Waals surface area contributed by atoms with Gasteiger partial charge in [0.15, 0.2) is 5.13 Å². The lowest BCUT2D eigenvalue weighted by Gasteiger charge is -2.04. The van der Waals surface area contributed by atoms with E-state index in [9.17, 15) is 4.79 Å². The summed E-state index contributed by atoms with van der Waals surface area (Å²) in [7, 11) is 0. The van der Waals surface area contributed by atoms with Crippen LogP contribution in [0.15, 0.2) is 59.2 Å². The van der Waals surface area contributed by atoms with E-state index < -0.39 is 6.09 Å². The topological polar surface area (TPSA) is 79.9 Å². The van der Waals surface area contributed by atoms with E-state index in [0.29, 0.717) is 35.9 Å². The van der Waals surface area contributed by atoms with E-state index in [2.05, 4.69) is 36.2 Å². The number of H-pyrrole nitrogens is 1. The van der Waals surface area contributed by atoms with Crippen LogP contribution >= 0.6 is 50.5 Å². The summed E-state index contributed by atoms with van der Waals surface area (Å²) in [5.41, 5.74) is 2.98. The number of anilines is 1. The summed E-state index contributed by atoms with van der Waals surface area (Å²) in [6.07, 6.45) is -0.640. The summed E-state index contributed by atoms with van der Waals surface area (Å²) >= 11 is 17.2. The number of amides is 1. The lowest BCUT2D eigenvalue weighted by Crippen LogP contribution is -2.16. The van der Waals surface area contributed by atoms with Gasteiger partial charge in [-0.15, -0.1) is 0 Å². The van der Waals surface area contributed by atoms with Crippen LogP contribution in [0.3, 0.4) is 0 Å². The number of fused-ring (bicyclic) bond motifs is 2. The second kappa shape index (κ2) is 8.12. The smallest absolute Gasteiger partial charge is 0.410 e. The molecule has 2 aromatic carbocycles. The molecule has 0 spiro atoms. The summed E-state index contributed by atoms with van der Waals surface area (Å²) in [6, 6.07) is 16.2. The molecule has 0 aliphatic carbocycles. The lowest BCUT2D eigenvalue weighted by molar-refractivity contribution is 0.215. The van der Waals surface area contributed by atoms with Crippen molar-refractivity contribution in [1.29, 1.82) is 0 Å². The van der Waals surface area contributed by atoms with Gasteiger partial charge in [-0.3, -0.25) is 5.32 Å². The van der Waals surface area contributed by atoms with Crippen molar-refractivity contribution in [1.82, 2.24) is 15.0 Å². The zero-order chi connectivity index (χ0) is 21.5. The first-order valence-electron chi connectivity index (χ1n) is 8.95. The van der Waals surface area contributed by atoms with Crippen LogP contribution < -0.4 is 10.1 Å². The number of nitrogens with one attached hydrogen (secondary N) is 2. The van der Waals surface area contributed by atoms with E-state index in [0.717, 1.165) is 22.2 Å². The molecule has 154 valence electrons. The van der Waals surface area contributed by atoms with Crippen LogP contribution in [0.25, 0.3) is 32.5 Å². The Labute approximate surface area is 198 Å². The van der Waals surface area contributed by atoms with Crippen molar-refractivity contribution in [3.8, 4) is 17.0 Å². The van der Waals surface area contributed by atoms with Crippen LogP contribution in [0, 0.1) is 0 Å². The first kappa shape index (κ1) is 20.3. The van der Waals surface area contributed by atoms with Gasteiger partial charge in [-0.1, -0.05) is 40.6 Å². The average Bonchev–Trinajstić information content (AvgIpc) is 3.30. The molecule has 0 fully saturated rings. The van der Waals surface area contributed by atoms with Gasteiger partial charge in [0.2, 0.25) is 0 Å². The lowest BCUT2D eigenvalue weighted by atomic mass is 10.1. The summed E-state index contributed by atoms with van der Waals surface area (Å²) in [6.45, 7) is 0. The largest absolute Gasteiger partial charge is 0.418 e. The van der Waals surface area contributed by atoms with E-state index in [-0.39, 0.29) is 0 Å². The van der Waals surface area contributed by atoms with E-state index in [1.54, 1.807) is 36.4 Å². The SMILES string of the molecule is O=C(Nc1nc2ccc(Br)nc2s1)Oc1ccc2cc(-c3c(Cl)cccc3Cl)[nH]c2c1. The highest BCUT2D eigenvalue weighted by molar-refractivity contribution is 9.10. The Morgan fingerprint density at radius 3 is 2.68 bits per heavy atom. The maximum absolute atomic E-state index is 12.3. The Balaban J connectivity index is 1.37. The number of ether oxygens (including phenoxy) is 1. The minimum absolute atomic E-state index is 0.380. The summed E-state index contributed by atoms with van der Waals surface area (Å²) in [4.78, 5) is 25.0. The molecule has 0 bridgehead atoms. The molecular formula is C21H11BrCl2N4O2S. The van der Waals surface area contributed by atoms with E-state index in [1.165, 1.54) is 11.3 Å². The van der Waals surface area contributed by atoms with Crippen LogP contribution in [0.1, 0.15) is 0 Å². The molecule has 0 saturated heterocycles. The predicted molar refractivity (Wildman–Crippen MR) is 129 cm³/mol. The monoisotopic (exact) mass is 532 g/mol. The number of benzene rings is 2. The molecular weight excluding hydrogens is 523 g/mol. The van der Waals surface area contributed by atoms with Gasteiger partial charge in [0, 0.05) is 28.2 Å². The second-order valence-corrected chi connectivity index (χ2v) is 9.12. The van der Waals surface area contributed by atoms with Crippen molar-refractivity contribution >= 4 is 82.9 Å². The first-order chi connectivity index (χ1) is 15.0. The number of nitrogens with zero attached hydrogens (tertiary/aromatic N) is 2. The van der Waals surface area contributed by atoms with E-state index in [1.807, 2.05) is 18.2 Å². The average molecular weight is 534 g/mol. The molecule has 5 aromatic rings. The highest BCUT2D eigenvalue weighted by Crippen LogP contribution is 2.36. The first-order valence-corrected chi connectivity index (χ1v) is 11.3. The molecule has 3 aromatic heterocycles. The Morgan fingerprint density at radius 1 is 1.06 bits per heavy atom. The van der Waals surface area contributed by atoms with Gasteiger partial charge in [0.05, 0.1) is 10.0 Å². The van der Waals surface area contributed by atoms with Gasteiger partial charge in [0.25, 0.3) is 0 Å². The van der Waals surface area contributed by atoms with Gasteiger partial charge >= 0.3 is 6.09 Å². The molecule has 0 unspecified atom stereocenters. The molecule has 2 N–H and O–H groups in total. The summed E-state index contributed by atoms with van der Waals surface area (Å²) < 4.78 is 6.13. The van der Waals surface area contributed by atoms with Crippen molar-refractivity contribution < 1.29 is 9.53 Å². The third-order valence-electron chi connectivity index (χ3n) is 4.47. The van der Waals surface area contributed by atoms with Crippen LogP contribution in [0.5, 0.6) is 5.75 Å². The number of carbonyl (C=O) groups is 1. The van der Waals surface area contributed by atoms with Crippen molar-refractivity contribution in [2.24, 2.45) is 0 Å². The van der Waals surface area contributed by atoms with Crippen molar-refractivity contribution in [3.63, 3.8) is 0 Å². The molecule has 0 aliphatic rings. The van der Waals surface area contributed by atoms with Gasteiger partial charge in [-0.2, -0.15) is 0 Å². The Morgan fingerprint density at radius 2 is 1.87 bits per heavy atom. The third kappa shape index (κ3) is 4.12. The number of pyridine rings is 1. The van der Waals surface area contributed by atoms with Crippen LogP contribution in [-0.2, 0) is 0 Å². The standard InChI is InChI=1S/C21H11BrCl2N4O2S/c22-17-7-6-14-19(27-17)31-20(26-14)28-21(29)30-11-5-4-10-8-16(25-15(10)9-11)18-12(23)2-1-3-13(18)24/h1-9,25H,(H,26,28,29). The molecule has 31 heavy (non-hydrogen) atoms. The number of aromatic amines is 1. The second-order valence-electron chi connectivity index (χ2n) is 6.52. The number of halogens is 3. The van der Waals surface area contributed by atoms with Crippen LogP contribution in [0.2, 0.25) is 10.0 Å². The normalized spacial score (nSPS) is 11.2. The van der Waals surface area contributed by atoms with Gasteiger partial charge < -0.3 is 9.72 Å². The number of aromatic nitrogens is 3. The van der Waals surface area contributed by atoms with E-state index in [4.69, 9.17) is 27.9 Å². The maximum Gasteiger partial charge on any atom is 0.418 e. The Kier molecular flexibility index (Phi) is 5.31. The fourth-order valence-corrected chi connectivity index (χ4v) is 4.98. The number of rotatable bonds is 3. The zero-order valence-electron chi connectivity index (χ0n) is 15.4. The van der Waals surface area contributed by atoms with Crippen LogP contribution in [-0.4, -0.2) is 21.0 Å². The van der Waals surface area contributed by atoms with Crippen molar-refractivity contribution in [2.75, 3.05) is 5.32 Å². The molecule has 0 radical (unpaired) electrons. The summed E-state index contributed by atoms with van der Waals surface area (Å²) in [5, 5.41) is 5.07. The van der Waals surface area contributed by atoms with Gasteiger partial charge in [0.1, 0.15) is 20.7 Å². The maximum atomic E-state index is 12.3. The number of thiazole rings is 1. The minimum atomic E-state index is -0.640. The third-order valence-corrected chi connectivity index (χ3v) is 6.42. The molecule has 0 atom stereocenters. The predicted octanol–water partition coefficient (Wildman–Crippen LogP) is 7.52. The van der Waals surface area contributed by atoms with Crippen molar-refractivity contribution in [2.45, 2.75) is 0 Å². The van der Waals surface area contributed by atoms with Gasteiger partial charge in [-0.25, -0.2) is 14.8 Å². The zero-order valence-corrected chi connectivity index (χ0v) is 19.4. The van der Waals surface area contributed by atoms with Crippen LogP contribution in [0.4, 0.5) is 9.93 Å². The molecule has 6 nitrogen and oxygen atoms in total. The highest BCUT2D eigenvalue weighted by atomic mass is 79.9. The molecule has 0 aliphatic heterocycles. The van der Waals surface area contributed by atoms with Crippen molar-refractivity contribution in [3.05, 3.63) is 69.2 Å². The van der Waals surface area contributed by atoms with Gasteiger partial charge in [-0.05, 0) is 58.4 Å². The Bertz CT molecular complexity index is 1450. The molecule has 10 heteroatoms. The molecule has 5 rings (SSSR count). The Hall–Kier alpha value is -2.65. The quantitative estimate of drug-likeness (QED) is 0.235. The number of hydrogen-bond donors (Lipinski definition) is 2. The highest BCUT2D eigenvalue weighted by Gasteiger charge is 2.14. The summed E-state index contributed by atoms with van der Waals surface area (Å²) in [5.74, 6) is 0.380. The number of carbonyl (C=O) groups excluding carboxylic acids is 1. The van der Waals surface area contributed by atoms with E-state index >= 15 is 0 Å². The minimum Gasteiger partial charge on any atom is -0.410 e. The molecule has 0 saturated carbocycles. The molecule has 3 heterocycles. The molecule has 1 amide bonds. The number of hydrogen-bond acceptors (Lipinski definition) is 5.